The van der Waals surface area contributed by atoms with Crippen LogP contribution in [0.3, 0.4) is 0 Å². The Morgan fingerprint density at radius 3 is 1.94 bits per heavy atom. The minimum Gasteiger partial charge on any atom is -0.341 e. The highest BCUT2D eigenvalue weighted by atomic mass is 16.2. The first-order valence-corrected chi connectivity index (χ1v) is 7.25. The molecule has 0 N–H and O–H groups in total. The van der Waals surface area contributed by atoms with Gasteiger partial charge < -0.3 is 4.90 Å². The third kappa shape index (κ3) is 3.73. The lowest BCUT2D eigenvalue weighted by Crippen LogP contribution is -2.44. The van der Waals surface area contributed by atoms with E-state index in [-0.39, 0.29) is 5.91 Å². The molecule has 0 aliphatic heterocycles. The molecule has 18 heavy (non-hydrogen) atoms. The van der Waals surface area contributed by atoms with E-state index in [4.69, 9.17) is 0 Å². The Balaban J connectivity index is 4.95. The molecule has 0 saturated carbocycles. The SMILES string of the molecule is CCC(CC)CN(CC)C(=O)C(C#N)(CC)CC. The summed E-state index contributed by atoms with van der Waals surface area (Å²) >= 11 is 0. The zero-order valence-corrected chi connectivity index (χ0v) is 12.6. The van der Waals surface area contributed by atoms with Crippen LogP contribution < -0.4 is 0 Å². The maximum Gasteiger partial charge on any atom is 0.243 e. The Hall–Kier alpha value is -1.04. The molecule has 0 aromatic rings. The first-order chi connectivity index (χ1) is 8.54. The molecule has 104 valence electrons. The Morgan fingerprint density at radius 1 is 1.17 bits per heavy atom. The lowest BCUT2D eigenvalue weighted by atomic mass is 9.82. The van der Waals surface area contributed by atoms with Gasteiger partial charge in [-0.2, -0.15) is 5.26 Å². The van der Waals surface area contributed by atoms with Crippen LogP contribution in [0.2, 0.25) is 0 Å². The highest BCUT2D eigenvalue weighted by molar-refractivity contribution is 5.85. The third-order valence-electron chi connectivity index (χ3n) is 4.13. The van der Waals surface area contributed by atoms with Crippen LogP contribution in [0.5, 0.6) is 0 Å². The molecule has 3 nitrogen and oxygen atoms in total. The summed E-state index contributed by atoms with van der Waals surface area (Å²) in [6.45, 7) is 11.6. The van der Waals surface area contributed by atoms with Crippen LogP contribution in [0.4, 0.5) is 0 Å². The van der Waals surface area contributed by atoms with Gasteiger partial charge in [-0.3, -0.25) is 4.79 Å². The van der Waals surface area contributed by atoms with Crippen LogP contribution in [0.1, 0.15) is 60.3 Å². The summed E-state index contributed by atoms with van der Waals surface area (Å²) in [6, 6.07) is 2.25. The first-order valence-electron chi connectivity index (χ1n) is 7.25. The number of carbonyl (C=O) groups is 1. The monoisotopic (exact) mass is 252 g/mol. The van der Waals surface area contributed by atoms with Gasteiger partial charge in [0.2, 0.25) is 5.91 Å². The van der Waals surface area contributed by atoms with Crippen LogP contribution in [-0.2, 0) is 4.79 Å². The highest BCUT2D eigenvalue weighted by Crippen LogP contribution is 2.28. The van der Waals surface area contributed by atoms with Crippen molar-refractivity contribution in [3.8, 4) is 6.07 Å². The Labute approximate surface area is 112 Å². The molecule has 0 atom stereocenters. The molecule has 3 heteroatoms. The van der Waals surface area contributed by atoms with Gasteiger partial charge in [-0.15, -0.1) is 0 Å². The second-order valence-corrected chi connectivity index (χ2v) is 4.93. The molecule has 0 heterocycles. The summed E-state index contributed by atoms with van der Waals surface area (Å²) in [5, 5.41) is 9.34. The molecule has 1 amide bonds. The van der Waals surface area contributed by atoms with Crippen molar-refractivity contribution in [1.29, 1.82) is 5.26 Å². The number of rotatable bonds is 8. The second-order valence-electron chi connectivity index (χ2n) is 4.93. The summed E-state index contributed by atoms with van der Waals surface area (Å²) in [7, 11) is 0. The molecule has 0 bridgehead atoms. The molecular formula is C15H28N2O. The minimum absolute atomic E-state index is 0.0180. The molecule has 0 aromatic carbocycles. The lowest BCUT2D eigenvalue weighted by Gasteiger charge is -2.32. The molecule has 0 spiro atoms. The average molecular weight is 252 g/mol. The first kappa shape index (κ1) is 17.0. The van der Waals surface area contributed by atoms with E-state index in [0.717, 1.165) is 19.4 Å². The van der Waals surface area contributed by atoms with Crippen LogP contribution in [0.15, 0.2) is 0 Å². The van der Waals surface area contributed by atoms with Crippen molar-refractivity contribution in [1.82, 2.24) is 4.90 Å². The summed E-state index contributed by atoms with van der Waals surface area (Å²) in [6.07, 6.45) is 3.35. The fourth-order valence-electron chi connectivity index (χ4n) is 2.28. The van der Waals surface area contributed by atoms with Gasteiger partial charge in [-0.1, -0.05) is 40.5 Å². The summed E-state index contributed by atoms with van der Waals surface area (Å²) in [4.78, 5) is 14.4. The Bertz CT molecular complexity index is 285. The summed E-state index contributed by atoms with van der Waals surface area (Å²) in [5.41, 5.74) is -0.817. The van der Waals surface area contributed by atoms with E-state index >= 15 is 0 Å². The molecule has 0 aromatic heterocycles. The van der Waals surface area contributed by atoms with Gasteiger partial charge in [0.05, 0.1) is 6.07 Å². The summed E-state index contributed by atoms with van der Waals surface area (Å²) < 4.78 is 0. The standard InChI is InChI=1S/C15H28N2O/c1-6-13(7-2)11-17(10-5)14(18)15(8-3,9-4)12-16/h13H,6-11H2,1-5H3. The van der Waals surface area contributed by atoms with E-state index < -0.39 is 5.41 Å². The molecular weight excluding hydrogens is 224 g/mol. The van der Waals surface area contributed by atoms with Gasteiger partial charge in [0.15, 0.2) is 0 Å². The van der Waals surface area contributed by atoms with Crippen LogP contribution in [0, 0.1) is 22.7 Å². The zero-order valence-electron chi connectivity index (χ0n) is 12.6. The van der Waals surface area contributed by atoms with Crippen molar-refractivity contribution < 1.29 is 4.79 Å². The Kier molecular flexibility index (Phi) is 7.66. The predicted molar refractivity (Wildman–Crippen MR) is 75.0 cm³/mol. The van der Waals surface area contributed by atoms with Crippen LogP contribution >= 0.6 is 0 Å². The van der Waals surface area contributed by atoms with Crippen molar-refractivity contribution in [3.63, 3.8) is 0 Å². The van der Waals surface area contributed by atoms with Gasteiger partial charge in [0, 0.05) is 13.1 Å². The van der Waals surface area contributed by atoms with E-state index in [9.17, 15) is 10.1 Å². The Morgan fingerprint density at radius 2 is 1.67 bits per heavy atom. The van der Waals surface area contributed by atoms with E-state index in [2.05, 4.69) is 19.9 Å². The predicted octanol–water partition coefficient (Wildman–Crippen LogP) is 3.60. The smallest absolute Gasteiger partial charge is 0.243 e. The molecule has 0 radical (unpaired) electrons. The van der Waals surface area contributed by atoms with Crippen molar-refractivity contribution in [2.24, 2.45) is 11.3 Å². The number of hydrogen-bond acceptors (Lipinski definition) is 2. The van der Waals surface area contributed by atoms with Crippen LogP contribution in [0.25, 0.3) is 0 Å². The highest BCUT2D eigenvalue weighted by Gasteiger charge is 2.38. The van der Waals surface area contributed by atoms with E-state index in [1.165, 1.54) is 0 Å². The maximum atomic E-state index is 12.6. The minimum atomic E-state index is -0.817. The largest absolute Gasteiger partial charge is 0.341 e. The van der Waals surface area contributed by atoms with E-state index in [1.54, 1.807) is 0 Å². The topological polar surface area (TPSA) is 44.1 Å². The normalized spacial score (nSPS) is 11.4. The molecule has 0 fully saturated rings. The maximum absolute atomic E-state index is 12.6. The third-order valence-corrected chi connectivity index (χ3v) is 4.13. The van der Waals surface area contributed by atoms with Gasteiger partial charge in [0.1, 0.15) is 5.41 Å². The van der Waals surface area contributed by atoms with Crippen molar-refractivity contribution in [2.45, 2.75) is 60.3 Å². The number of amides is 1. The van der Waals surface area contributed by atoms with Gasteiger partial charge in [-0.25, -0.2) is 0 Å². The number of nitriles is 1. The number of carbonyl (C=O) groups excluding carboxylic acids is 1. The number of hydrogen-bond donors (Lipinski definition) is 0. The summed E-state index contributed by atoms with van der Waals surface area (Å²) in [5.74, 6) is 0.559. The van der Waals surface area contributed by atoms with Crippen molar-refractivity contribution >= 4 is 5.91 Å². The molecule has 0 rings (SSSR count). The van der Waals surface area contributed by atoms with Gasteiger partial charge in [0.25, 0.3) is 0 Å². The lowest BCUT2D eigenvalue weighted by molar-refractivity contribution is -0.140. The van der Waals surface area contributed by atoms with Crippen LogP contribution in [-0.4, -0.2) is 23.9 Å². The van der Waals surface area contributed by atoms with E-state index in [0.29, 0.717) is 25.3 Å². The molecule has 0 saturated heterocycles. The van der Waals surface area contributed by atoms with E-state index in [1.807, 2.05) is 25.7 Å². The van der Waals surface area contributed by atoms with Gasteiger partial charge >= 0.3 is 0 Å². The average Bonchev–Trinajstić information content (AvgIpc) is 2.42. The van der Waals surface area contributed by atoms with Gasteiger partial charge in [-0.05, 0) is 25.7 Å². The fraction of sp³-hybridized carbons (Fsp3) is 0.867. The quantitative estimate of drug-likeness (QED) is 0.662. The van der Waals surface area contributed by atoms with Crippen molar-refractivity contribution in [3.05, 3.63) is 0 Å². The van der Waals surface area contributed by atoms with Crippen molar-refractivity contribution in [2.75, 3.05) is 13.1 Å². The number of nitrogens with zero attached hydrogens (tertiary/aromatic N) is 2. The zero-order chi connectivity index (χ0) is 14.2. The molecule has 0 unspecified atom stereocenters. The fourth-order valence-corrected chi connectivity index (χ4v) is 2.28. The second kappa shape index (κ2) is 8.13. The molecule has 0 aliphatic rings. The molecule has 0 aliphatic carbocycles.